The van der Waals surface area contributed by atoms with Gasteiger partial charge in [-0.1, -0.05) is 49.9 Å². The number of allylic oxidation sites excluding steroid dienone is 2. The van der Waals surface area contributed by atoms with E-state index in [1.165, 1.54) is 12.1 Å². The average Bonchev–Trinajstić information content (AvgIpc) is 2.74. The number of hydrogen-bond acceptors (Lipinski definition) is 3. The molecule has 1 N–H and O–H groups in total. The molecule has 0 aromatic heterocycles. The third-order valence-electron chi connectivity index (χ3n) is 5.50. The minimum absolute atomic E-state index is 0.190. The number of anilines is 1. The maximum atomic E-state index is 13.1. The monoisotopic (exact) mass is 439 g/mol. The van der Waals surface area contributed by atoms with E-state index < -0.39 is 0 Å². The molecule has 0 unspecified atom stereocenters. The first-order valence-electron chi connectivity index (χ1n) is 10.7. The summed E-state index contributed by atoms with van der Waals surface area (Å²) in [6.07, 6.45) is 5.04. The topological polar surface area (TPSA) is 18.5 Å². The van der Waals surface area contributed by atoms with Gasteiger partial charge in [0.15, 0.2) is 0 Å². The second-order valence-corrected chi connectivity index (χ2v) is 8.41. The molecule has 5 heteroatoms. The van der Waals surface area contributed by atoms with Crippen LogP contribution in [-0.2, 0) is 13.0 Å². The van der Waals surface area contributed by atoms with Crippen LogP contribution in [-0.4, -0.2) is 36.0 Å². The molecule has 0 radical (unpaired) electrons. The van der Waals surface area contributed by atoms with Crippen molar-refractivity contribution in [3.05, 3.63) is 94.6 Å². The van der Waals surface area contributed by atoms with E-state index in [0.717, 1.165) is 77.9 Å². The molecule has 1 fully saturated rings. The van der Waals surface area contributed by atoms with Crippen molar-refractivity contribution in [2.75, 3.05) is 31.5 Å². The number of halogens is 2. The molecule has 1 aliphatic heterocycles. The Hall–Kier alpha value is -2.56. The maximum Gasteiger partial charge on any atom is 0.123 e. The summed E-state index contributed by atoms with van der Waals surface area (Å²) in [6, 6.07) is 10.9. The Balaban J connectivity index is 1.61. The first-order valence-corrected chi connectivity index (χ1v) is 11.1. The lowest BCUT2D eigenvalue weighted by Gasteiger charge is -2.36. The summed E-state index contributed by atoms with van der Waals surface area (Å²) in [7, 11) is 0. The van der Waals surface area contributed by atoms with Gasteiger partial charge in [0.2, 0.25) is 0 Å². The number of aryl methyl sites for hydroxylation is 1. The van der Waals surface area contributed by atoms with E-state index >= 15 is 0 Å². The van der Waals surface area contributed by atoms with E-state index in [-0.39, 0.29) is 5.82 Å². The Labute approximate surface area is 190 Å². The van der Waals surface area contributed by atoms with Crippen LogP contribution in [0, 0.1) is 5.82 Å². The highest BCUT2D eigenvalue weighted by molar-refractivity contribution is 6.31. The van der Waals surface area contributed by atoms with Crippen LogP contribution in [0.4, 0.5) is 10.1 Å². The second kappa shape index (κ2) is 10.7. The van der Waals surface area contributed by atoms with Crippen LogP contribution >= 0.6 is 11.6 Å². The summed E-state index contributed by atoms with van der Waals surface area (Å²) in [6.45, 7) is 16.8. The van der Waals surface area contributed by atoms with Crippen molar-refractivity contribution in [2.45, 2.75) is 26.8 Å². The molecular formula is C26H31ClFN3. The Morgan fingerprint density at radius 2 is 1.81 bits per heavy atom. The molecule has 0 saturated carbocycles. The van der Waals surface area contributed by atoms with Crippen LogP contribution in [0.15, 0.2) is 67.0 Å². The highest BCUT2D eigenvalue weighted by atomic mass is 35.5. The van der Waals surface area contributed by atoms with Gasteiger partial charge >= 0.3 is 0 Å². The summed E-state index contributed by atoms with van der Waals surface area (Å²) >= 11 is 6.41. The third kappa shape index (κ3) is 6.46. The summed E-state index contributed by atoms with van der Waals surface area (Å²) in [5.41, 5.74) is 6.14. The number of nitrogens with one attached hydrogen (secondary N) is 1. The zero-order valence-electron chi connectivity index (χ0n) is 18.4. The van der Waals surface area contributed by atoms with Gasteiger partial charge in [0.05, 0.1) is 0 Å². The van der Waals surface area contributed by atoms with Crippen LogP contribution in [0.5, 0.6) is 0 Å². The molecule has 1 heterocycles. The molecule has 3 nitrogen and oxygen atoms in total. The molecule has 0 bridgehead atoms. The summed E-state index contributed by atoms with van der Waals surface area (Å²) < 4.78 is 13.1. The van der Waals surface area contributed by atoms with Crippen LogP contribution in [0.3, 0.4) is 0 Å². The van der Waals surface area contributed by atoms with Crippen molar-refractivity contribution in [1.82, 2.24) is 9.80 Å². The van der Waals surface area contributed by atoms with Crippen molar-refractivity contribution in [3.8, 4) is 0 Å². The zero-order chi connectivity index (χ0) is 22.4. The van der Waals surface area contributed by atoms with Gasteiger partial charge in [-0.15, -0.1) is 0 Å². The number of nitrogens with zero attached hydrogens (tertiary/aromatic N) is 2. The molecule has 1 saturated heterocycles. The fraction of sp³-hybridized carbons (Fsp3) is 0.308. The van der Waals surface area contributed by atoms with Gasteiger partial charge < -0.3 is 10.2 Å². The zero-order valence-corrected chi connectivity index (χ0v) is 19.2. The van der Waals surface area contributed by atoms with E-state index in [0.29, 0.717) is 0 Å². The Bertz CT molecular complexity index is 957. The minimum Gasteiger partial charge on any atom is -0.369 e. The van der Waals surface area contributed by atoms with Crippen LogP contribution in [0.25, 0.3) is 6.08 Å². The number of hydrogen-bond donors (Lipinski definition) is 1. The smallest absolute Gasteiger partial charge is 0.123 e. The van der Waals surface area contributed by atoms with E-state index in [2.05, 4.69) is 53.4 Å². The van der Waals surface area contributed by atoms with E-state index in [4.69, 9.17) is 11.6 Å². The molecule has 2 aromatic rings. The lowest BCUT2D eigenvalue weighted by Crippen LogP contribution is -2.44. The van der Waals surface area contributed by atoms with Gasteiger partial charge in [0.1, 0.15) is 5.82 Å². The average molecular weight is 440 g/mol. The molecule has 31 heavy (non-hydrogen) atoms. The SMILES string of the molecule is C=C(C)Nc1cc(Cl)c(CC)cc1/C=C/C(=C)N1CCN(Cc2ccc(F)cc2)CC1. The predicted molar refractivity (Wildman–Crippen MR) is 131 cm³/mol. The number of piperazine rings is 1. The van der Waals surface area contributed by atoms with E-state index in [1.54, 1.807) is 0 Å². The highest BCUT2D eigenvalue weighted by Crippen LogP contribution is 2.28. The molecule has 2 aromatic carbocycles. The van der Waals surface area contributed by atoms with Crippen LogP contribution in [0.2, 0.25) is 5.02 Å². The minimum atomic E-state index is -0.190. The van der Waals surface area contributed by atoms with Gasteiger partial charge in [-0.3, -0.25) is 4.90 Å². The molecule has 0 spiro atoms. The molecule has 1 aliphatic rings. The molecule has 0 atom stereocenters. The summed E-state index contributed by atoms with van der Waals surface area (Å²) in [5.74, 6) is -0.190. The Morgan fingerprint density at radius 1 is 1.13 bits per heavy atom. The van der Waals surface area contributed by atoms with Gasteiger partial charge in [-0.2, -0.15) is 0 Å². The lowest BCUT2D eigenvalue weighted by atomic mass is 10.1. The quantitative estimate of drug-likeness (QED) is 0.484. The summed E-state index contributed by atoms with van der Waals surface area (Å²) in [5, 5.41) is 4.06. The molecule has 0 amide bonds. The van der Waals surface area contributed by atoms with Crippen molar-refractivity contribution in [3.63, 3.8) is 0 Å². The lowest BCUT2D eigenvalue weighted by molar-refractivity contribution is 0.156. The first kappa shape index (κ1) is 23.1. The molecular weight excluding hydrogens is 409 g/mol. The van der Waals surface area contributed by atoms with Crippen molar-refractivity contribution >= 4 is 23.4 Å². The molecule has 0 aliphatic carbocycles. The van der Waals surface area contributed by atoms with Gasteiger partial charge in [-0.05, 0) is 60.4 Å². The fourth-order valence-electron chi connectivity index (χ4n) is 3.72. The molecule has 164 valence electrons. The number of benzene rings is 2. The van der Waals surface area contributed by atoms with Gasteiger partial charge in [0, 0.05) is 54.8 Å². The number of rotatable bonds is 8. The normalized spacial score (nSPS) is 14.8. The second-order valence-electron chi connectivity index (χ2n) is 8.00. The first-order chi connectivity index (χ1) is 14.9. The van der Waals surface area contributed by atoms with E-state index in [1.807, 2.05) is 25.1 Å². The van der Waals surface area contributed by atoms with Crippen molar-refractivity contribution in [1.29, 1.82) is 0 Å². The van der Waals surface area contributed by atoms with Gasteiger partial charge in [0.25, 0.3) is 0 Å². The van der Waals surface area contributed by atoms with E-state index in [9.17, 15) is 4.39 Å². The highest BCUT2D eigenvalue weighted by Gasteiger charge is 2.17. The maximum absolute atomic E-state index is 13.1. The van der Waals surface area contributed by atoms with Gasteiger partial charge in [-0.25, -0.2) is 4.39 Å². The van der Waals surface area contributed by atoms with Crippen LogP contribution in [0.1, 0.15) is 30.5 Å². The predicted octanol–water partition coefficient (Wildman–Crippen LogP) is 6.33. The third-order valence-corrected chi connectivity index (χ3v) is 5.85. The molecule has 3 rings (SSSR count). The van der Waals surface area contributed by atoms with Crippen molar-refractivity contribution in [2.24, 2.45) is 0 Å². The van der Waals surface area contributed by atoms with Crippen LogP contribution < -0.4 is 5.32 Å². The Kier molecular flexibility index (Phi) is 7.94. The van der Waals surface area contributed by atoms with Crippen molar-refractivity contribution < 1.29 is 4.39 Å². The largest absolute Gasteiger partial charge is 0.369 e. The summed E-state index contributed by atoms with van der Waals surface area (Å²) in [4.78, 5) is 4.70. The fourth-order valence-corrected chi connectivity index (χ4v) is 4.01. The Morgan fingerprint density at radius 3 is 2.42 bits per heavy atom. The standard InChI is InChI=1S/C26H31ClFN3/c1-5-22-16-23(26(17-25(22)27)29-19(2)3)9-6-20(4)31-14-12-30(13-15-31)18-21-7-10-24(28)11-8-21/h6-11,16-17,29H,2,4-5,12-15,18H2,1,3H3/b9-6+.